The van der Waals surface area contributed by atoms with Crippen LogP contribution in [0.5, 0.6) is 0 Å². The zero-order valence-electron chi connectivity index (χ0n) is 11.8. The molecule has 0 unspecified atom stereocenters. The Morgan fingerprint density at radius 1 is 1.50 bits per heavy atom. The second kappa shape index (κ2) is 6.19. The van der Waals surface area contributed by atoms with Gasteiger partial charge in [0.1, 0.15) is 5.76 Å². The first kappa shape index (κ1) is 13.3. The van der Waals surface area contributed by atoms with Crippen LogP contribution in [0.2, 0.25) is 0 Å². The van der Waals surface area contributed by atoms with Crippen LogP contribution in [0, 0.1) is 0 Å². The summed E-state index contributed by atoms with van der Waals surface area (Å²) in [6.45, 7) is 3.40. The van der Waals surface area contributed by atoms with Crippen molar-refractivity contribution in [2.75, 3.05) is 13.6 Å². The average Bonchev–Trinajstić information content (AvgIpc) is 2.94. The number of furan rings is 1. The predicted octanol–water partition coefficient (Wildman–Crippen LogP) is 1.26. The van der Waals surface area contributed by atoms with Crippen molar-refractivity contribution in [1.82, 2.24) is 25.2 Å². The zero-order chi connectivity index (χ0) is 13.8. The van der Waals surface area contributed by atoms with Gasteiger partial charge < -0.3 is 9.73 Å². The Morgan fingerprint density at radius 3 is 3.15 bits per heavy atom. The van der Waals surface area contributed by atoms with Crippen molar-refractivity contribution in [2.24, 2.45) is 0 Å². The summed E-state index contributed by atoms with van der Waals surface area (Å²) in [5.41, 5.74) is 1.02. The smallest absolute Gasteiger partial charge is 0.117 e. The molecule has 108 valence electrons. The minimum atomic E-state index is 0.708. The van der Waals surface area contributed by atoms with E-state index in [9.17, 15) is 0 Å². The third kappa shape index (κ3) is 3.91. The molecule has 6 heteroatoms. The maximum Gasteiger partial charge on any atom is 0.117 e. The molecule has 1 aliphatic carbocycles. The van der Waals surface area contributed by atoms with Crippen LogP contribution >= 0.6 is 0 Å². The van der Waals surface area contributed by atoms with Crippen LogP contribution in [-0.2, 0) is 19.6 Å². The third-order valence-corrected chi connectivity index (χ3v) is 3.45. The van der Waals surface area contributed by atoms with E-state index in [4.69, 9.17) is 4.42 Å². The molecule has 3 rings (SSSR count). The van der Waals surface area contributed by atoms with E-state index < -0.39 is 0 Å². The van der Waals surface area contributed by atoms with Crippen LogP contribution < -0.4 is 5.32 Å². The van der Waals surface area contributed by atoms with E-state index in [1.165, 1.54) is 12.8 Å². The maximum atomic E-state index is 5.34. The molecule has 1 saturated carbocycles. The predicted molar refractivity (Wildman–Crippen MR) is 74.9 cm³/mol. The van der Waals surface area contributed by atoms with Crippen LogP contribution in [0.3, 0.4) is 0 Å². The first-order chi connectivity index (χ1) is 9.79. The highest BCUT2D eigenvalue weighted by Gasteiger charge is 2.20. The number of likely N-dealkylation sites (N-methyl/N-ethyl adjacent to an activating group) is 1. The summed E-state index contributed by atoms with van der Waals surface area (Å²) in [7, 11) is 2.08. The van der Waals surface area contributed by atoms with Crippen LogP contribution in [0.1, 0.15) is 24.3 Å². The Morgan fingerprint density at radius 2 is 2.40 bits per heavy atom. The lowest BCUT2D eigenvalue weighted by molar-refractivity contribution is 0.278. The van der Waals surface area contributed by atoms with Gasteiger partial charge in [0, 0.05) is 25.3 Å². The zero-order valence-corrected chi connectivity index (χ0v) is 11.8. The van der Waals surface area contributed by atoms with Gasteiger partial charge in [-0.2, -0.15) is 0 Å². The van der Waals surface area contributed by atoms with Gasteiger partial charge in [-0.3, -0.25) is 9.58 Å². The number of nitrogens with one attached hydrogen (secondary N) is 1. The normalized spacial score (nSPS) is 15.1. The highest BCUT2D eigenvalue weighted by Crippen LogP contribution is 2.18. The van der Waals surface area contributed by atoms with Gasteiger partial charge in [0.15, 0.2) is 0 Å². The molecule has 0 aromatic carbocycles. The summed E-state index contributed by atoms with van der Waals surface area (Å²) < 4.78 is 7.24. The topological polar surface area (TPSA) is 59.1 Å². The fourth-order valence-corrected chi connectivity index (χ4v) is 2.09. The van der Waals surface area contributed by atoms with Crippen molar-refractivity contribution in [2.45, 2.75) is 38.5 Å². The lowest BCUT2D eigenvalue weighted by Gasteiger charge is -2.14. The number of hydrogen-bond donors (Lipinski definition) is 1. The van der Waals surface area contributed by atoms with Crippen LogP contribution in [0.15, 0.2) is 29.0 Å². The van der Waals surface area contributed by atoms with Crippen molar-refractivity contribution in [1.29, 1.82) is 0 Å². The molecule has 0 amide bonds. The Kier molecular flexibility index (Phi) is 4.13. The van der Waals surface area contributed by atoms with E-state index in [-0.39, 0.29) is 0 Å². The Labute approximate surface area is 118 Å². The van der Waals surface area contributed by atoms with Gasteiger partial charge in [0.25, 0.3) is 0 Å². The molecule has 0 radical (unpaired) electrons. The minimum Gasteiger partial charge on any atom is -0.468 e. The molecule has 1 N–H and O–H groups in total. The van der Waals surface area contributed by atoms with Crippen LogP contribution in [0.25, 0.3) is 0 Å². The number of aromatic nitrogens is 3. The molecule has 2 aromatic heterocycles. The summed E-state index contributed by atoms with van der Waals surface area (Å²) in [6.07, 6.45) is 6.33. The van der Waals surface area contributed by atoms with E-state index in [0.717, 1.165) is 37.6 Å². The van der Waals surface area contributed by atoms with Gasteiger partial charge in [-0.05, 0) is 32.0 Å². The standard InChI is InChI=1S/C14H21N5O/c1-18(11-14-3-2-8-20-14)6-7-19-10-13(16-17-19)9-15-12-4-5-12/h2-3,8,10,12,15H,4-7,9,11H2,1H3. The van der Waals surface area contributed by atoms with Gasteiger partial charge >= 0.3 is 0 Å². The van der Waals surface area contributed by atoms with Crippen molar-refractivity contribution in [3.8, 4) is 0 Å². The molecule has 2 heterocycles. The van der Waals surface area contributed by atoms with Gasteiger partial charge in [0.05, 0.1) is 25.0 Å². The molecule has 20 heavy (non-hydrogen) atoms. The molecule has 1 fully saturated rings. The molecule has 1 aliphatic rings. The first-order valence-electron chi connectivity index (χ1n) is 7.13. The summed E-state index contributed by atoms with van der Waals surface area (Å²) in [6, 6.07) is 4.62. The first-order valence-corrected chi connectivity index (χ1v) is 7.13. The quantitative estimate of drug-likeness (QED) is 0.786. The molecule has 6 nitrogen and oxygen atoms in total. The highest BCUT2D eigenvalue weighted by molar-refractivity contribution is 4.97. The van der Waals surface area contributed by atoms with Gasteiger partial charge in [-0.1, -0.05) is 5.21 Å². The molecule has 0 spiro atoms. The Balaban J connectivity index is 1.40. The third-order valence-electron chi connectivity index (χ3n) is 3.45. The minimum absolute atomic E-state index is 0.708. The highest BCUT2D eigenvalue weighted by atomic mass is 16.3. The SMILES string of the molecule is CN(CCn1cc(CNC2CC2)nn1)Cc1ccco1. The van der Waals surface area contributed by atoms with Crippen LogP contribution in [-0.4, -0.2) is 39.5 Å². The monoisotopic (exact) mass is 275 g/mol. The molecular weight excluding hydrogens is 254 g/mol. The van der Waals surface area contributed by atoms with Crippen molar-refractivity contribution < 1.29 is 4.42 Å². The van der Waals surface area contributed by atoms with E-state index >= 15 is 0 Å². The van der Waals surface area contributed by atoms with E-state index in [1.807, 2.05) is 23.0 Å². The number of nitrogens with zero attached hydrogens (tertiary/aromatic N) is 4. The summed E-state index contributed by atoms with van der Waals surface area (Å²) in [4.78, 5) is 2.21. The summed E-state index contributed by atoms with van der Waals surface area (Å²) in [5, 5.41) is 11.8. The second-order valence-corrected chi connectivity index (χ2v) is 5.45. The Bertz CT molecular complexity index is 517. The maximum absolute atomic E-state index is 5.34. The molecule has 0 atom stereocenters. The van der Waals surface area contributed by atoms with Gasteiger partial charge in [-0.15, -0.1) is 5.10 Å². The number of rotatable bonds is 8. The molecule has 0 aliphatic heterocycles. The fourth-order valence-electron chi connectivity index (χ4n) is 2.09. The molecule has 0 bridgehead atoms. The fraction of sp³-hybridized carbons (Fsp3) is 0.571. The summed E-state index contributed by atoms with van der Waals surface area (Å²) >= 11 is 0. The van der Waals surface area contributed by atoms with E-state index in [0.29, 0.717) is 6.04 Å². The van der Waals surface area contributed by atoms with Crippen molar-refractivity contribution >= 4 is 0 Å². The van der Waals surface area contributed by atoms with Gasteiger partial charge in [0.2, 0.25) is 0 Å². The lowest BCUT2D eigenvalue weighted by atomic mass is 10.4. The van der Waals surface area contributed by atoms with Crippen molar-refractivity contribution in [3.63, 3.8) is 0 Å². The summed E-state index contributed by atoms with van der Waals surface area (Å²) in [5.74, 6) is 0.986. The lowest BCUT2D eigenvalue weighted by Crippen LogP contribution is -2.22. The molecule has 2 aromatic rings. The van der Waals surface area contributed by atoms with E-state index in [1.54, 1.807) is 6.26 Å². The molecular formula is C14H21N5O. The van der Waals surface area contributed by atoms with E-state index in [2.05, 4.69) is 27.6 Å². The number of hydrogen-bond acceptors (Lipinski definition) is 5. The largest absolute Gasteiger partial charge is 0.468 e. The van der Waals surface area contributed by atoms with Crippen LogP contribution in [0.4, 0.5) is 0 Å². The second-order valence-electron chi connectivity index (χ2n) is 5.45. The van der Waals surface area contributed by atoms with Gasteiger partial charge in [-0.25, -0.2) is 0 Å². The Hall–Kier alpha value is -1.66. The molecule has 0 saturated heterocycles. The van der Waals surface area contributed by atoms with Crippen molar-refractivity contribution in [3.05, 3.63) is 36.0 Å². The average molecular weight is 275 g/mol.